The fourth-order valence-electron chi connectivity index (χ4n) is 6.85. The van der Waals surface area contributed by atoms with E-state index in [4.69, 9.17) is 0 Å². The lowest BCUT2D eigenvalue weighted by molar-refractivity contribution is 0.766. The third-order valence-corrected chi connectivity index (χ3v) is 9.11. The summed E-state index contributed by atoms with van der Waals surface area (Å²) < 4.78 is 0. The molecule has 0 N–H and O–H groups in total. The van der Waals surface area contributed by atoms with Gasteiger partial charge in [0.2, 0.25) is 0 Å². The van der Waals surface area contributed by atoms with Crippen LogP contribution in [0.15, 0.2) is 134 Å². The second kappa shape index (κ2) is 11.5. The van der Waals surface area contributed by atoms with E-state index in [-0.39, 0.29) is 0 Å². The van der Waals surface area contributed by atoms with Gasteiger partial charge in [0, 0.05) is 60.6 Å². The van der Waals surface area contributed by atoms with Crippen LogP contribution >= 0.6 is 0 Å². The highest BCUT2D eigenvalue weighted by Crippen LogP contribution is 2.40. The summed E-state index contributed by atoms with van der Waals surface area (Å²) in [5.41, 5.74) is 15.5. The van der Waals surface area contributed by atoms with Crippen molar-refractivity contribution >= 4 is 22.7 Å². The average molecular weight is 571 g/mol. The van der Waals surface area contributed by atoms with Crippen LogP contribution in [0.3, 0.4) is 0 Å². The van der Waals surface area contributed by atoms with Crippen molar-refractivity contribution in [3.05, 3.63) is 145 Å². The van der Waals surface area contributed by atoms with Crippen molar-refractivity contribution in [1.82, 2.24) is 9.97 Å². The fraction of sp³-hybridized carbons (Fsp3) is 0.150. The summed E-state index contributed by atoms with van der Waals surface area (Å²) in [6.45, 7) is 2.08. The SMILES string of the molecule is c1cc(-c2ccc(N3CCCc4cc(-c5ccc6c(c5)CCCN6c5ccc(-c6ccncc6)cc5)ccc43)cc2)ccn1. The number of hydrogen-bond acceptors (Lipinski definition) is 4. The van der Waals surface area contributed by atoms with Crippen molar-refractivity contribution in [1.29, 1.82) is 0 Å². The molecule has 0 spiro atoms. The Bertz CT molecular complexity index is 1760. The molecule has 4 nitrogen and oxygen atoms in total. The number of hydrogen-bond donors (Lipinski definition) is 0. The Morgan fingerprint density at radius 1 is 0.386 bits per heavy atom. The minimum absolute atomic E-state index is 1.04. The number of aromatic nitrogens is 2. The second-order valence-electron chi connectivity index (χ2n) is 11.8. The molecule has 0 aliphatic carbocycles. The van der Waals surface area contributed by atoms with Gasteiger partial charge in [-0.15, -0.1) is 0 Å². The Hall–Kier alpha value is -5.22. The fourth-order valence-corrected chi connectivity index (χ4v) is 6.85. The molecule has 2 aliphatic rings. The van der Waals surface area contributed by atoms with Crippen LogP contribution in [0, 0.1) is 0 Å². The lowest BCUT2D eigenvalue weighted by Crippen LogP contribution is -2.24. The Kier molecular flexibility index (Phi) is 6.88. The van der Waals surface area contributed by atoms with E-state index >= 15 is 0 Å². The van der Waals surface area contributed by atoms with Gasteiger partial charge in [0.15, 0.2) is 0 Å². The third kappa shape index (κ3) is 5.03. The zero-order chi connectivity index (χ0) is 29.3. The summed E-state index contributed by atoms with van der Waals surface area (Å²) in [4.78, 5) is 13.3. The largest absolute Gasteiger partial charge is 0.341 e. The molecule has 0 radical (unpaired) electrons. The minimum atomic E-state index is 1.04. The Labute approximate surface area is 259 Å². The summed E-state index contributed by atoms with van der Waals surface area (Å²) in [6.07, 6.45) is 11.9. The standard InChI is InChI=1S/C40H34N4/c1-3-35-27-33(9-15-39(35)43(25-1)37-11-5-29(6-12-37)31-17-21-41-22-18-31)34-10-16-40-36(28-34)4-2-26-44(40)38-13-7-30(8-14-38)32-19-23-42-24-20-32/h5-24,27-28H,1-4,25-26H2. The van der Waals surface area contributed by atoms with Gasteiger partial charge in [-0.25, -0.2) is 0 Å². The lowest BCUT2D eigenvalue weighted by atomic mass is 9.92. The number of fused-ring (bicyclic) bond motifs is 2. The molecule has 0 bridgehead atoms. The van der Waals surface area contributed by atoms with Crippen LogP contribution in [0.4, 0.5) is 22.7 Å². The van der Waals surface area contributed by atoms with E-state index < -0.39 is 0 Å². The van der Waals surface area contributed by atoms with Crippen molar-refractivity contribution in [2.45, 2.75) is 25.7 Å². The van der Waals surface area contributed by atoms with Crippen LogP contribution in [0.25, 0.3) is 33.4 Å². The molecule has 8 rings (SSSR count). The Morgan fingerprint density at radius 3 is 1.16 bits per heavy atom. The maximum absolute atomic E-state index is 4.15. The molecule has 214 valence electrons. The van der Waals surface area contributed by atoms with E-state index in [0.717, 1.165) is 38.8 Å². The van der Waals surface area contributed by atoms with Gasteiger partial charge in [-0.1, -0.05) is 36.4 Å². The first-order valence-electron chi connectivity index (χ1n) is 15.6. The topological polar surface area (TPSA) is 32.3 Å². The molecule has 44 heavy (non-hydrogen) atoms. The second-order valence-corrected chi connectivity index (χ2v) is 11.8. The van der Waals surface area contributed by atoms with E-state index in [0.29, 0.717) is 0 Å². The number of rotatable bonds is 5. The van der Waals surface area contributed by atoms with Crippen molar-refractivity contribution in [2.75, 3.05) is 22.9 Å². The zero-order valence-corrected chi connectivity index (χ0v) is 24.7. The van der Waals surface area contributed by atoms with Crippen molar-refractivity contribution in [2.24, 2.45) is 0 Å². The van der Waals surface area contributed by atoms with Gasteiger partial charge in [-0.05, 0) is 143 Å². The molecule has 0 amide bonds. The molecule has 2 aliphatic heterocycles. The van der Waals surface area contributed by atoms with E-state index in [1.807, 2.05) is 24.8 Å². The molecule has 0 saturated carbocycles. The van der Waals surface area contributed by atoms with E-state index in [2.05, 4.69) is 129 Å². The predicted octanol–water partition coefficient (Wildman–Crippen LogP) is 9.65. The molecular weight excluding hydrogens is 536 g/mol. The molecule has 4 heterocycles. The van der Waals surface area contributed by atoms with Gasteiger partial charge in [-0.3, -0.25) is 9.97 Å². The number of aryl methyl sites for hydroxylation is 2. The van der Waals surface area contributed by atoms with Crippen molar-refractivity contribution in [3.8, 4) is 33.4 Å². The Morgan fingerprint density at radius 2 is 0.750 bits per heavy atom. The monoisotopic (exact) mass is 570 g/mol. The van der Waals surface area contributed by atoms with Crippen LogP contribution in [0.5, 0.6) is 0 Å². The highest BCUT2D eigenvalue weighted by atomic mass is 15.1. The lowest BCUT2D eigenvalue weighted by Gasteiger charge is -2.33. The number of benzene rings is 4. The summed E-state index contributed by atoms with van der Waals surface area (Å²) in [7, 11) is 0. The average Bonchev–Trinajstić information content (AvgIpc) is 3.11. The van der Waals surface area contributed by atoms with Crippen molar-refractivity contribution < 1.29 is 0 Å². The molecule has 4 aromatic carbocycles. The van der Waals surface area contributed by atoms with E-state index in [9.17, 15) is 0 Å². The molecular formula is C40H34N4. The van der Waals surface area contributed by atoms with Crippen molar-refractivity contribution in [3.63, 3.8) is 0 Å². The molecule has 0 saturated heterocycles. The number of nitrogens with zero attached hydrogens (tertiary/aromatic N) is 4. The maximum Gasteiger partial charge on any atom is 0.0443 e. The van der Waals surface area contributed by atoms with Gasteiger partial charge < -0.3 is 9.80 Å². The zero-order valence-electron chi connectivity index (χ0n) is 24.7. The maximum atomic E-state index is 4.15. The molecule has 2 aromatic heterocycles. The summed E-state index contributed by atoms with van der Waals surface area (Å²) in [6, 6.07) is 40.3. The van der Waals surface area contributed by atoms with E-state index in [1.165, 1.54) is 67.3 Å². The van der Waals surface area contributed by atoms with Gasteiger partial charge in [0.25, 0.3) is 0 Å². The minimum Gasteiger partial charge on any atom is -0.341 e. The quantitative estimate of drug-likeness (QED) is 0.207. The number of anilines is 4. The van der Waals surface area contributed by atoms with Gasteiger partial charge in [-0.2, -0.15) is 0 Å². The summed E-state index contributed by atoms with van der Waals surface area (Å²) >= 11 is 0. The summed E-state index contributed by atoms with van der Waals surface area (Å²) in [5, 5.41) is 0. The normalized spacial score (nSPS) is 14.2. The highest BCUT2D eigenvalue weighted by molar-refractivity contribution is 5.78. The molecule has 4 heteroatoms. The van der Waals surface area contributed by atoms with E-state index in [1.54, 1.807) is 0 Å². The first-order chi connectivity index (χ1) is 21.8. The van der Waals surface area contributed by atoms with Crippen LogP contribution in [-0.2, 0) is 12.8 Å². The number of pyridine rings is 2. The first kappa shape index (κ1) is 26.4. The van der Waals surface area contributed by atoms with Crippen LogP contribution in [0.2, 0.25) is 0 Å². The van der Waals surface area contributed by atoms with Crippen LogP contribution in [-0.4, -0.2) is 23.1 Å². The highest BCUT2D eigenvalue weighted by Gasteiger charge is 2.21. The van der Waals surface area contributed by atoms with Gasteiger partial charge in [0.05, 0.1) is 0 Å². The summed E-state index contributed by atoms with van der Waals surface area (Å²) in [5.74, 6) is 0. The predicted molar refractivity (Wildman–Crippen MR) is 182 cm³/mol. The molecule has 0 fully saturated rings. The molecule has 0 unspecified atom stereocenters. The van der Waals surface area contributed by atoms with Gasteiger partial charge in [0.1, 0.15) is 0 Å². The third-order valence-electron chi connectivity index (χ3n) is 9.11. The van der Waals surface area contributed by atoms with Crippen LogP contribution < -0.4 is 9.80 Å². The molecule has 6 aromatic rings. The smallest absolute Gasteiger partial charge is 0.0443 e. The Balaban J connectivity index is 1.04. The van der Waals surface area contributed by atoms with Gasteiger partial charge >= 0.3 is 0 Å². The molecule has 0 atom stereocenters. The van der Waals surface area contributed by atoms with Crippen LogP contribution in [0.1, 0.15) is 24.0 Å². The first-order valence-corrected chi connectivity index (χ1v) is 15.6.